The van der Waals surface area contributed by atoms with Gasteiger partial charge in [-0.05, 0) is 13.8 Å². The molecule has 2 amide bonds. The summed E-state index contributed by atoms with van der Waals surface area (Å²) in [6.07, 6.45) is 0. The molecule has 0 aromatic rings. The molecule has 0 aromatic carbocycles. The number of nitrogens with one attached hydrogen (secondary N) is 2. The molecule has 0 radical (unpaired) electrons. The molecule has 3 N–H and O–H groups in total. The molecule has 0 aromatic heterocycles. The first-order valence-corrected chi connectivity index (χ1v) is 4.92. The Morgan fingerprint density at radius 2 is 2.12 bits per heavy atom. The Morgan fingerprint density at radius 1 is 1.50 bits per heavy atom. The second-order valence-corrected chi connectivity index (χ2v) is 3.47. The van der Waals surface area contributed by atoms with Gasteiger partial charge in [0, 0.05) is 6.54 Å². The lowest BCUT2D eigenvalue weighted by molar-refractivity contribution is -0.138. The van der Waals surface area contributed by atoms with Gasteiger partial charge in [0.25, 0.3) is 0 Å². The minimum atomic E-state index is -1.08. The lowest BCUT2D eigenvalue weighted by atomic mass is 10.3. The number of urea groups is 1. The van der Waals surface area contributed by atoms with Gasteiger partial charge < -0.3 is 20.5 Å². The van der Waals surface area contributed by atoms with Crippen LogP contribution < -0.4 is 10.6 Å². The quantitative estimate of drug-likeness (QED) is 0.435. The summed E-state index contributed by atoms with van der Waals surface area (Å²) in [5.41, 5.74) is 0.906. The van der Waals surface area contributed by atoms with Crippen molar-refractivity contribution in [3.05, 3.63) is 12.2 Å². The fraction of sp³-hybridized carbons (Fsp3) is 0.600. The molecule has 6 nitrogen and oxygen atoms in total. The van der Waals surface area contributed by atoms with Gasteiger partial charge in [-0.2, -0.15) is 0 Å². The topological polar surface area (TPSA) is 87.7 Å². The molecule has 0 saturated carbocycles. The van der Waals surface area contributed by atoms with Crippen LogP contribution in [0.3, 0.4) is 0 Å². The average Bonchev–Trinajstić information content (AvgIpc) is 2.16. The van der Waals surface area contributed by atoms with Crippen molar-refractivity contribution in [2.75, 3.05) is 19.8 Å². The minimum Gasteiger partial charge on any atom is -0.480 e. The molecule has 16 heavy (non-hydrogen) atoms. The third-order valence-corrected chi connectivity index (χ3v) is 1.60. The number of carbonyl (C=O) groups is 2. The van der Waals surface area contributed by atoms with E-state index in [9.17, 15) is 9.59 Å². The van der Waals surface area contributed by atoms with E-state index in [1.165, 1.54) is 6.92 Å². The monoisotopic (exact) mass is 230 g/mol. The molecular formula is C10H18N2O4. The van der Waals surface area contributed by atoms with Crippen LogP contribution in [-0.2, 0) is 9.53 Å². The summed E-state index contributed by atoms with van der Waals surface area (Å²) in [6.45, 7) is 8.03. The summed E-state index contributed by atoms with van der Waals surface area (Å²) in [4.78, 5) is 21.5. The highest BCUT2D eigenvalue weighted by atomic mass is 16.5. The van der Waals surface area contributed by atoms with Gasteiger partial charge in [-0.25, -0.2) is 4.79 Å². The predicted octanol–water partition coefficient (Wildman–Crippen LogP) is 0.351. The molecular weight excluding hydrogens is 212 g/mol. The summed E-state index contributed by atoms with van der Waals surface area (Å²) in [7, 11) is 0. The van der Waals surface area contributed by atoms with E-state index < -0.39 is 18.0 Å². The molecule has 0 aliphatic rings. The number of ether oxygens (including phenoxy) is 1. The Bertz CT molecular complexity index is 266. The number of amides is 2. The van der Waals surface area contributed by atoms with E-state index in [0.717, 1.165) is 5.57 Å². The van der Waals surface area contributed by atoms with Crippen LogP contribution in [0.1, 0.15) is 13.8 Å². The highest BCUT2D eigenvalue weighted by molar-refractivity contribution is 5.82. The van der Waals surface area contributed by atoms with Crippen LogP contribution >= 0.6 is 0 Å². The number of carboxylic acids is 1. The second kappa shape index (κ2) is 7.70. The molecule has 0 spiro atoms. The minimum absolute atomic E-state index is 0.325. The lowest BCUT2D eigenvalue weighted by Gasteiger charge is -2.10. The molecule has 6 heteroatoms. The van der Waals surface area contributed by atoms with Crippen molar-refractivity contribution >= 4 is 12.0 Å². The van der Waals surface area contributed by atoms with E-state index in [2.05, 4.69) is 17.2 Å². The van der Waals surface area contributed by atoms with Crippen molar-refractivity contribution in [2.45, 2.75) is 19.9 Å². The van der Waals surface area contributed by atoms with E-state index in [0.29, 0.717) is 19.8 Å². The maximum absolute atomic E-state index is 11.1. The lowest BCUT2D eigenvalue weighted by Crippen LogP contribution is -2.45. The van der Waals surface area contributed by atoms with Crippen molar-refractivity contribution in [2.24, 2.45) is 0 Å². The number of hydrogen-bond acceptors (Lipinski definition) is 3. The van der Waals surface area contributed by atoms with E-state index in [1.54, 1.807) is 0 Å². The van der Waals surface area contributed by atoms with E-state index in [1.807, 2.05) is 6.92 Å². The molecule has 0 unspecified atom stereocenters. The molecule has 0 aliphatic heterocycles. The fourth-order valence-electron chi connectivity index (χ4n) is 0.793. The van der Waals surface area contributed by atoms with Gasteiger partial charge in [0.05, 0.1) is 13.2 Å². The van der Waals surface area contributed by atoms with Crippen molar-refractivity contribution in [1.82, 2.24) is 10.6 Å². The van der Waals surface area contributed by atoms with Crippen LogP contribution in [0.2, 0.25) is 0 Å². The Hall–Kier alpha value is -1.56. The van der Waals surface area contributed by atoms with E-state index in [-0.39, 0.29) is 0 Å². The van der Waals surface area contributed by atoms with Crippen LogP contribution in [0.15, 0.2) is 12.2 Å². The first-order chi connectivity index (χ1) is 7.43. The normalized spacial score (nSPS) is 11.6. The maximum atomic E-state index is 11.1. The Balaban J connectivity index is 3.51. The number of hydrogen-bond donors (Lipinski definition) is 3. The zero-order valence-corrected chi connectivity index (χ0v) is 9.58. The standard InChI is InChI=1S/C10H18N2O4/c1-7(2)6-16-5-4-11-10(15)12-8(3)9(13)14/h8H,1,4-6H2,2-3H3,(H,13,14)(H2,11,12,15)/t8-/m1/s1. The molecule has 0 bridgehead atoms. The van der Waals surface area contributed by atoms with E-state index >= 15 is 0 Å². The van der Waals surface area contributed by atoms with Gasteiger partial charge in [0.1, 0.15) is 6.04 Å². The smallest absolute Gasteiger partial charge is 0.325 e. The second-order valence-electron chi connectivity index (χ2n) is 3.47. The van der Waals surface area contributed by atoms with E-state index in [4.69, 9.17) is 9.84 Å². The zero-order valence-electron chi connectivity index (χ0n) is 9.58. The molecule has 0 aliphatic carbocycles. The Kier molecular flexibility index (Phi) is 6.95. The average molecular weight is 230 g/mol. The SMILES string of the molecule is C=C(C)COCCNC(=O)N[C@H](C)C(=O)O. The number of aliphatic carboxylic acids is 1. The summed E-state index contributed by atoms with van der Waals surface area (Å²) in [6, 6.07) is -1.43. The first kappa shape index (κ1) is 14.4. The summed E-state index contributed by atoms with van der Waals surface area (Å²) in [5, 5.41) is 13.3. The van der Waals surface area contributed by atoms with Crippen molar-refractivity contribution in [1.29, 1.82) is 0 Å². The highest BCUT2D eigenvalue weighted by Gasteiger charge is 2.12. The first-order valence-electron chi connectivity index (χ1n) is 4.92. The fourth-order valence-corrected chi connectivity index (χ4v) is 0.793. The Morgan fingerprint density at radius 3 is 2.62 bits per heavy atom. The summed E-state index contributed by atoms with van der Waals surface area (Å²) in [5.74, 6) is -1.08. The van der Waals surface area contributed by atoms with Gasteiger partial charge in [-0.3, -0.25) is 4.79 Å². The third-order valence-electron chi connectivity index (χ3n) is 1.60. The van der Waals surface area contributed by atoms with Crippen LogP contribution in [0.25, 0.3) is 0 Å². The van der Waals surface area contributed by atoms with Crippen molar-refractivity contribution < 1.29 is 19.4 Å². The van der Waals surface area contributed by atoms with Crippen molar-refractivity contribution in [3.63, 3.8) is 0 Å². The van der Waals surface area contributed by atoms with Crippen LogP contribution in [0, 0.1) is 0 Å². The number of carboxylic acid groups (broad SMARTS) is 1. The zero-order chi connectivity index (χ0) is 12.6. The van der Waals surface area contributed by atoms with Crippen LogP contribution in [0.5, 0.6) is 0 Å². The third kappa shape index (κ3) is 7.81. The highest BCUT2D eigenvalue weighted by Crippen LogP contribution is 1.86. The number of rotatable bonds is 7. The van der Waals surface area contributed by atoms with Crippen LogP contribution in [0.4, 0.5) is 4.79 Å². The molecule has 0 heterocycles. The molecule has 0 fully saturated rings. The van der Waals surface area contributed by atoms with Crippen LogP contribution in [-0.4, -0.2) is 42.9 Å². The molecule has 0 saturated heterocycles. The molecule has 92 valence electrons. The Labute approximate surface area is 94.7 Å². The van der Waals surface area contributed by atoms with Gasteiger partial charge in [-0.15, -0.1) is 0 Å². The van der Waals surface area contributed by atoms with Gasteiger partial charge >= 0.3 is 12.0 Å². The summed E-state index contributed by atoms with van der Waals surface area (Å²) >= 11 is 0. The predicted molar refractivity (Wildman–Crippen MR) is 59.3 cm³/mol. The molecule has 1 atom stereocenters. The van der Waals surface area contributed by atoms with Gasteiger partial charge in [0.15, 0.2) is 0 Å². The van der Waals surface area contributed by atoms with Gasteiger partial charge in [0.2, 0.25) is 0 Å². The largest absolute Gasteiger partial charge is 0.480 e. The number of carbonyl (C=O) groups excluding carboxylic acids is 1. The van der Waals surface area contributed by atoms with Gasteiger partial charge in [-0.1, -0.05) is 12.2 Å². The summed E-state index contributed by atoms with van der Waals surface area (Å²) < 4.78 is 5.14. The maximum Gasteiger partial charge on any atom is 0.325 e. The molecule has 0 rings (SSSR count). The van der Waals surface area contributed by atoms with Crippen molar-refractivity contribution in [3.8, 4) is 0 Å².